The van der Waals surface area contributed by atoms with Crippen LogP contribution < -0.4 is 4.94 Å². The molecule has 0 saturated carbocycles. The van der Waals surface area contributed by atoms with Crippen molar-refractivity contribution >= 4 is 17.8 Å². The van der Waals surface area contributed by atoms with Crippen molar-refractivity contribution in [3.63, 3.8) is 0 Å². The first-order valence-electron chi connectivity index (χ1n) is 8.09. The minimum absolute atomic E-state index is 0.158. The zero-order chi connectivity index (χ0) is 17.8. The van der Waals surface area contributed by atoms with Crippen molar-refractivity contribution in [2.45, 2.75) is 37.6 Å². The summed E-state index contributed by atoms with van der Waals surface area (Å²) in [5.74, 6) is 0.158. The van der Waals surface area contributed by atoms with Crippen LogP contribution in [0, 0.1) is 5.41 Å². The summed E-state index contributed by atoms with van der Waals surface area (Å²) < 4.78 is 18.0. The Bertz CT molecular complexity index is 738. The fourth-order valence-corrected chi connectivity index (χ4v) is 3.25. The lowest BCUT2D eigenvalue weighted by Gasteiger charge is -2.31. The molecule has 0 radical (unpaired) electrons. The molecule has 25 heavy (non-hydrogen) atoms. The summed E-state index contributed by atoms with van der Waals surface area (Å²) in [5, 5.41) is 18.0. The molecule has 132 valence electrons. The summed E-state index contributed by atoms with van der Waals surface area (Å²) in [6, 6.07) is 12.3. The fraction of sp³-hybridized carbons (Fsp3) is 0.316. The van der Waals surface area contributed by atoms with Crippen LogP contribution in [0.5, 0.6) is 5.75 Å². The van der Waals surface area contributed by atoms with Gasteiger partial charge in [-0.05, 0) is 41.3 Å². The number of hydrogen-bond donors (Lipinski definition) is 2. The molecule has 4 nitrogen and oxygen atoms in total. The van der Waals surface area contributed by atoms with Crippen LogP contribution in [0.3, 0.4) is 0 Å². The molecule has 1 heterocycles. The number of ether oxygens (including phenoxy) is 1. The summed E-state index contributed by atoms with van der Waals surface area (Å²) in [4.78, 5) is 3.69. The second kappa shape index (κ2) is 7.95. The van der Waals surface area contributed by atoms with Crippen LogP contribution in [0.15, 0.2) is 42.5 Å². The molecule has 2 aromatic rings. The predicted molar refractivity (Wildman–Crippen MR) is 94.1 cm³/mol. The first-order chi connectivity index (χ1) is 12.1. The molecular formula is C19H19ClFNO3. The van der Waals surface area contributed by atoms with Gasteiger partial charge in [-0.2, -0.15) is 0 Å². The van der Waals surface area contributed by atoms with Crippen molar-refractivity contribution in [3.8, 4) is 5.75 Å². The Hall–Kier alpha value is -1.95. The summed E-state index contributed by atoms with van der Waals surface area (Å²) in [6.07, 6.45) is 1.62. The third kappa shape index (κ3) is 4.37. The van der Waals surface area contributed by atoms with E-state index in [0.29, 0.717) is 24.3 Å². The van der Waals surface area contributed by atoms with Gasteiger partial charge in [0.25, 0.3) is 0 Å². The number of nitrogens with one attached hydrogen (secondary N) is 1. The molecule has 1 saturated heterocycles. The highest BCUT2D eigenvalue weighted by Gasteiger charge is 2.28. The van der Waals surface area contributed by atoms with Crippen molar-refractivity contribution < 1.29 is 19.3 Å². The number of rotatable bonds is 5. The van der Waals surface area contributed by atoms with Gasteiger partial charge in [0.1, 0.15) is 0 Å². The lowest BCUT2D eigenvalue weighted by Crippen LogP contribution is -2.32. The maximum Gasteiger partial charge on any atom is 0.171 e. The average molecular weight is 364 g/mol. The highest BCUT2D eigenvalue weighted by atomic mass is 35.5. The van der Waals surface area contributed by atoms with Crippen LogP contribution in [-0.2, 0) is 11.2 Å². The van der Waals surface area contributed by atoms with Crippen LogP contribution in [0.25, 0.3) is 0 Å². The summed E-state index contributed by atoms with van der Waals surface area (Å²) in [7, 11) is 0. The van der Waals surface area contributed by atoms with E-state index in [1.807, 2.05) is 18.2 Å². The first kappa shape index (κ1) is 17.9. The Balaban J connectivity index is 1.81. The van der Waals surface area contributed by atoms with E-state index in [4.69, 9.17) is 21.7 Å². The summed E-state index contributed by atoms with van der Waals surface area (Å²) in [6.45, 7) is 0. The van der Waals surface area contributed by atoms with Crippen molar-refractivity contribution in [2.75, 3.05) is 0 Å². The van der Waals surface area contributed by atoms with Gasteiger partial charge in [0, 0.05) is 28.6 Å². The van der Waals surface area contributed by atoms with E-state index in [-0.39, 0.29) is 18.0 Å². The second-order valence-electron chi connectivity index (χ2n) is 6.20. The predicted octanol–water partition coefficient (Wildman–Crippen LogP) is 4.42. The van der Waals surface area contributed by atoms with Gasteiger partial charge in [0.15, 0.2) is 5.75 Å². The first-order valence-corrected chi connectivity index (χ1v) is 8.47. The standard InChI is InChI=1S/C19H19ClFNO3/c20-18-6-3-13(19-10-15(23)9-17(11-22)24-19)8-14(18)7-12-1-4-16(25-21)5-2-12/h1-6,8,11,15,17,19,22-23H,7,9-10H2/t15-,17-,19+/m0/s1. The van der Waals surface area contributed by atoms with E-state index in [9.17, 15) is 9.63 Å². The number of benzene rings is 2. The van der Waals surface area contributed by atoms with Crippen LogP contribution in [0.1, 0.15) is 35.6 Å². The van der Waals surface area contributed by atoms with Crippen molar-refractivity contribution in [3.05, 3.63) is 64.2 Å². The van der Waals surface area contributed by atoms with Gasteiger partial charge >= 0.3 is 0 Å². The van der Waals surface area contributed by atoms with Crippen molar-refractivity contribution in [1.82, 2.24) is 0 Å². The molecule has 0 bridgehead atoms. The maximum atomic E-state index is 12.1. The van der Waals surface area contributed by atoms with Crippen LogP contribution >= 0.6 is 11.6 Å². The molecule has 1 fully saturated rings. The van der Waals surface area contributed by atoms with E-state index in [0.717, 1.165) is 16.7 Å². The Morgan fingerprint density at radius 2 is 2.00 bits per heavy atom. The molecule has 0 spiro atoms. The maximum absolute atomic E-state index is 12.1. The van der Waals surface area contributed by atoms with Gasteiger partial charge in [-0.3, -0.25) is 4.94 Å². The lowest BCUT2D eigenvalue weighted by molar-refractivity contribution is -0.0682. The van der Waals surface area contributed by atoms with Gasteiger partial charge in [0.05, 0.1) is 18.3 Å². The van der Waals surface area contributed by atoms with Gasteiger partial charge in [-0.1, -0.05) is 35.9 Å². The average Bonchev–Trinajstić information content (AvgIpc) is 2.63. The number of halogens is 2. The Morgan fingerprint density at radius 1 is 1.24 bits per heavy atom. The monoisotopic (exact) mass is 363 g/mol. The quantitative estimate of drug-likeness (QED) is 0.773. The number of aliphatic hydroxyl groups is 1. The van der Waals surface area contributed by atoms with Gasteiger partial charge in [-0.25, -0.2) is 0 Å². The largest absolute Gasteiger partial charge is 0.393 e. The summed E-state index contributed by atoms with van der Waals surface area (Å²) in [5.41, 5.74) is 2.82. The van der Waals surface area contributed by atoms with Crippen molar-refractivity contribution in [1.29, 1.82) is 5.41 Å². The van der Waals surface area contributed by atoms with E-state index in [1.54, 1.807) is 24.3 Å². The Labute approximate surface area is 150 Å². The second-order valence-corrected chi connectivity index (χ2v) is 6.61. The molecule has 1 aliphatic rings. The van der Waals surface area contributed by atoms with Gasteiger partial charge in [-0.15, -0.1) is 0 Å². The zero-order valence-electron chi connectivity index (χ0n) is 13.5. The Kier molecular flexibility index (Phi) is 5.68. The van der Waals surface area contributed by atoms with Gasteiger partial charge in [0.2, 0.25) is 0 Å². The van der Waals surface area contributed by atoms with E-state index >= 15 is 0 Å². The molecule has 2 N–H and O–H groups in total. The fourth-order valence-electron chi connectivity index (χ4n) is 3.06. The molecule has 0 amide bonds. The number of aliphatic hydroxyl groups excluding tert-OH is 1. The zero-order valence-corrected chi connectivity index (χ0v) is 14.2. The normalized spacial score (nSPS) is 23.2. The molecule has 0 aliphatic carbocycles. The third-order valence-electron chi connectivity index (χ3n) is 4.36. The Morgan fingerprint density at radius 3 is 2.68 bits per heavy atom. The minimum Gasteiger partial charge on any atom is -0.393 e. The molecule has 1 aliphatic heterocycles. The SMILES string of the molecule is N=C[C@@H]1C[C@H](O)C[C@H](c2ccc(Cl)c(Cc3ccc(OF)cc3)c2)O1. The molecule has 2 aromatic carbocycles. The molecule has 3 atom stereocenters. The topological polar surface area (TPSA) is 62.5 Å². The highest BCUT2D eigenvalue weighted by molar-refractivity contribution is 6.31. The van der Waals surface area contributed by atoms with Crippen LogP contribution in [-0.4, -0.2) is 23.5 Å². The highest BCUT2D eigenvalue weighted by Crippen LogP contribution is 2.33. The van der Waals surface area contributed by atoms with Crippen LogP contribution in [0.2, 0.25) is 5.02 Å². The molecular weight excluding hydrogens is 345 g/mol. The van der Waals surface area contributed by atoms with E-state index in [1.165, 1.54) is 6.21 Å². The van der Waals surface area contributed by atoms with Gasteiger partial charge < -0.3 is 15.3 Å². The molecule has 0 unspecified atom stereocenters. The number of hydrogen-bond acceptors (Lipinski definition) is 4. The molecule has 6 heteroatoms. The third-order valence-corrected chi connectivity index (χ3v) is 4.73. The van der Waals surface area contributed by atoms with E-state index < -0.39 is 6.10 Å². The summed E-state index contributed by atoms with van der Waals surface area (Å²) >= 11 is 6.32. The van der Waals surface area contributed by atoms with Crippen molar-refractivity contribution in [2.24, 2.45) is 0 Å². The van der Waals surface area contributed by atoms with E-state index in [2.05, 4.69) is 4.94 Å². The molecule has 3 rings (SSSR count). The minimum atomic E-state index is -0.488. The lowest BCUT2D eigenvalue weighted by atomic mass is 9.94. The molecule has 0 aromatic heterocycles. The smallest absolute Gasteiger partial charge is 0.171 e. The van der Waals surface area contributed by atoms with Crippen LogP contribution in [0.4, 0.5) is 4.53 Å².